The lowest BCUT2D eigenvalue weighted by Crippen LogP contribution is -2.13. The van der Waals surface area contributed by atoms with Crippen molar-refractivity contribution in [2.24, 2.45) is 0 Å². The van der Waals surface area contributed by atoms with Gasteiger partial charge >= 0.3 is 5.63 Å². The molecule has 0 fully saturated rings. The van der Waals surface area contributed by atoms with Crippen LogP contribution in [-0.4, -0.2) is 21.1 Å². The Morgan fingerprint density at radius 3 is 2.42 bits per heavy atom. The molecule has 6 heteroatoms. The summed E-state index contributed by atoms with van der Waals surface area (Å²) in [5.41, 5.74) is -0.0527. The molecule has 3 N–H and O–H groups in total. The van der Waals surface area contributed by atoms with Crippen LogP contribution in [0.3, 0.4) is 0 Å². The average molecular weight is 330 g/mol. The minimum Gasteiger partial charge on any atom is -0.507 e. The van der Waals surface area contributed by atoms with Crippen molar-refractivity contribution in [3.63, 3.8) is 0 Å². The van der Waals surface area contributed by atoms with E-state index >= 15 is 0 Å². The van der Waals surface area contributed by atoms with Crippen LogP contribution < -0.4 is 5.63 Å². The van der Waals surface area contributed by atoms with Crippen molar-refractivity contribution in [3.8, 4) is 17.2 Å². The second-order valence-corrected chi connectivity index (χ2v) is 5.62. The molecule has 0 amide bonds. The molecular formula is C18H18O6. The van der Waals surface area contributed by atoms with Crippen molar-refractivity contribution in [1.82, 2.24) is 0 Å². The van der Waals surface area contributed by atoms with Crippen molar-refractivity contribution in [3.05, 3.63) is 51.6 Å². The fourth-order valence-corrected chi connectivity index (χ4v) is 2.40. The van der Waals surface area contributed by atoms with Crippen LogP contribution in [0.25, 0.3) is 12.2 Å². The van der Waals surface area contributed by atoms with Crippen molar-refractivity contribution in [1.29, 1.82) is 0 Å². The van der Waals surface area contributed by atoms with Crippen molar-refractivity contribution >= 4 is 17.9 Å². The number of hydrogen-bond donors (Lipinski definition) is 3. The van der Waals surface area contributed by atoms with E-state index in [9.17, 15) is 24.9 Å². The Bertz CT molecular complexity index is 847. The van der Waals surface area contributed by atoms with Crippen LogP contribution in [0.2, 0.25) is 0 Å². The Morgan fingerprint density at radius 1 is 1.12 bits per heavy atom. The standard InChI is InChI=1S/C18H18O6/c1-10(7-11(2)19)17-16(22)9-13(24-18(17)23)5-3-12-4-6-14(20)15(21)8-12/h3-6,8-10,20-22H,7H2,1-2H3/b5-3+/t10-/m1/s1. The van der Waals surface area contributed by atoms with E-state index in [0.29, 0.717) is 5.56 Å². The van der Waals surface area contributed by atoms with Gasteiger partial charge in [0.05, 0.1) is 5.56 Å². The number of Topliss-reactive ketones (excluding diaryl/α,β-unsaturated/α-hetero) is 1. The van der Waals surface area contributed by atoms with E-state index in [1.165, 1.54) is 31.2 Å². The highest BCUT2D eigenvalue weighted by Crippen LogP contribution is 2.28. The van der Waals surface area contributed by atoms with E-state index in [1.54, 1.807) is 19.1 Å². The lowest BCUT2D eigenvalue weighted by atomic mass is 9.97. The molecule has 1 aromatic carbocycles. The predicted molar refractivity (Wildman–Crippen MR) is 89.1 cm³/mol. The molecule has 0 aliphatic rings. The maximum absolute atomic E-state index is 12.0. The number of carbonyl (C=O) groups excluding carboxylic acids is 1. The highest BCUT2D eigenvalue weighted by atomic mass is 16.4. The van der Waals surface area contributed by atoms with Gasteiger partial charge in [-0.15, -0.1) is 0 Å². The Morgan fingerprint density at radius 2 is 1.83 bits per heavy atom. The second kappa shape index (κ2) is 7.04. The first-order valence-electron chi connectivity index (χ1n) is 7.34. The molecule has 0 aliphatic carbocycles. The number of phenolic OH excluding ortho intramolecular Hbond substituents is 2. The lowest BCUT2D eigenvalue weighted by Gasteiger charge is -2.10. The van der Waals surface area contributed by atoms with E-state index in [-0.39, 0.29) is 40.8 Å². The summed E-state index contributed by atoms with van der Waals surface area (Å²) in [6, 6.07) is 5.53. The van der Waals surface area contributed by atoms with Gasteiger partial charge in [0.2, 0.25) is 0 Å². The van der Waals surface area contributed by atoms with Gasteiger partial charge in [0.15, 0.2) is 11.5 Å². The van der Waals surface area contributed by atoms with Gasteiger partial charge in [0, 0.05) is 12.5 Å². The first kappa shape index (κ1) is 17.3. The molecule has 1 atom stereocenters. The van der Waals surface area contributed by atoms with Crippen LogP contribution in [0, 0.1) is 0 Å². The van der Waals surface area contributed by atoms with Gasteiger partial charge in [-0.3, -0.25) is 0 Å². The van der Waals surface area contributed by atoms with Crippen LogP contribution in [0.15, 0.2) is 33.5 Å². The molecule has 126 valence electrons. The minimum atomic E-state index is -0.697. The molecule has 6 nitrogen and oxygen atoms in total. The van der Waals surface area contributed by atoms with E-state index in [0.717, 1.165) is 0 Å². The highest BCUT2D eigenvalue weighted by Gasteiger charge is 2.18. The van der Waals surface area contributed by atoms with Crippen LogP contribution in [0.4, 0.5) is 0 Å². The van der Waals surface area contributed by atoms with Gasteiger partial charge < -0.3 is 24.5 Å². The Labute approximate surface area is 138 Å². The summed E-state index contributed by atoms with van der Waals surface area (Å²) in [5, 5.41) is 28.7. The summed E-state index contributed by atoms with van der Waals surface area (Å²) in [7, 11) is 0. The number of benzene rings is 1. The smallest absolute Gasteiger partial charge is 0.343 e. The number of rotatable bonds is 5. The lowest BCUT2D eigenvalue weighted by molar-refractivity contribution is -0.117. The van der Waals surface area contributed by atoms with E-state index in [4.69, 9.17) is 4.42 Å². The number of phenols is 2. The zero-order valence-corrected chi connectivity index (χ0v) is 13.3. The minimum absolute atomic E-state index is 0.0737. The van der Waals surface area contributed by atoms with Crippen molar-refractivity contribution < 1.29 is 24.5 Å². The summed E-state index contributed by atoms with van der Waals surface area (Å²) < 4.78 is 5.14. The van der Waals surface area contributed by atoms with Crippen LogP contribution in [0.5, 0.6) is 17.2 Å². The largest absolute Gasteiger partial charge is 0.507 e. The molecular weight excluding hydrogens is 312 g/mol. The molecule has 0 saturated heterocycles. The van der Waals surface area contributed by atoms with Gasteiger partial charge in [-0.1, -0.05) is 19.1 Å². The van der Waals surface area contributed by atoms with Gasteiger partial charge in [-0.2, -0.15) is 0 Å². The normalized spacial score (nSPS) is 12.4. The molecule has 1 heterocycles. The van der Waals surface area contributed by atoms with Crippen molar-refractivity contribution in [2.45, 2.75) is 26.2 Å². The third-order valence-electron chi connectivity index (χ3n) is 3.51. The number of aromatic hydroxyl groups is 3. The zero-order valence-electron chi connectivity index (χ0n) is 13.3. The Kier molecular flexibility index (Phi) is 5.08. The first-order valence-corrected chi connectivity index (χ1v) is 7.34. The SMILES string of the molecule is CC(=O)C[C@@H](C)c1c(O)cc(/C=C/c2ccc(O)c(O)c2)oc1=O. The molecule has 24 heavy (non-hydrogen) atoms. The Balaban J connectivity index is 2.29. The summed E-state index contributed by atoms with van der Waals surface area (Å²) in [4.78, 5) is 23.2. The number of hydrogen-bond acceptors (Lipinski definition) is 6. The average Bonchev–Trinajstić information content (AvgIpc) is 2.47. The maximum atomic E-state index is 12.0. The molecule has 0 saturated carbocycles. The quantitative estimate of drug-likeness (QED) is 0.727. The third kappa shape index (κ3) is 4.04. The van der Waals surface area contributed by atoms with E-state index in [1.807, 2.05) is 0 Å². The topological polar surface area (TPSA) is 108 Å². The third-order valence-corrected chi connectivity index (χ3v) is 3.51. The van der Waals surface area contributed by atoms with Gasteiger partial charge in [0.25, 0.3) is 0 Å². The number of ketones is 1. The van der Waals surface area contributed by atoms with Gasteiger partial charge in [0.1, 0.15) is 17.3 Å². The van der Waals surface area contributed by atoms with Gasteiger partial charge in [-0.05, 0) is 36.6 Å². The molecule has 1 aromatic heterocycles. The van der Waals surface area contributed by atoms with Gasteiger partial charge in [-0.25, -0.2) is 4.79 Å². The van der Waals surface area contributed by atoms with Crippen LogP contribution in [0.1, 0.15) is 43.1 Å². The van der Waals surface area contributed by atoms with E-state index < -0.39 is 11.5 Å². The van der Waals surface area contributed by atoms with E-state index in [2.05, 4.69) is 0 Å². The molecule has 2 rings (SSSR count). The second-order valence-electron chi connectivity index (χ2n) is 5.62. The molecule has 0 aliphatic heterocycles. The summed E-state index contributed by atoms with van der Waals surface area (Å²) in [6.07, 6.45) is 3.14. The van der Waals surface area contributed by atoms with Crippen LogP contribution in [-0.2, 0) is 4.79 Å². The summed E-state index contributed by atoms with van der Waals surface area (Å²) in [5.74, 6) is -1.13. The molecule has 0 radical (unpaired) electrons. The zero-order chi connectivity index (χ0) is 17.9. The summed E-state index contributed by atoms with van der Waals surface area (Å²) in [6.45, 7) is 3.08. The fourth-order valence-electron chi connectivity index (χ4n) is 2.40. The Hall–Kier alpha value is -3.02. The molecule has 2 aromatic rings. The predicted octanol–water partition coefficient (Wildman–Crippen LogP) is 3.01. The summed E-state index contributed by atoms with van der Waals surface area (Å²) >= 11 is 0. The highest BCUT2D eigenvalue weighted by molar-refractivity contribution is 5.76. The van der Waals surface area contributed by atoms with Crippen molar-refractivity contribution in [2.75, 3.05) is 0 Å². The maximum Gasteiger partial charge on any atom is 0.343 e. The molecule has 0 bridgehead atoms. The first-order chi connectivity index (χ1) is 11.3. The fraction of sp³-hybridized carbons (Fsp3) is 0.222. The monoisotopic (exact) mass is 330 g/mol. The molecule has 0 spiro atoms. The molecule has 0 unspecified atom stereocenters. The van der Waals surface area contributed by atoms with Crippen LogP contribution >= 0.6 is 0 Å². The number of carbonyl (C=O) groups is 1.